The van der Waals surface area contributed by atoms with Gasteiger partial charge in [-0.2, -0.15) is 0 Å². The van der Waals surface area contributed by atoms with Crippen molar-refractivity contribution in [2.75, 3.05) is 24.6 Å². The summed E-state index contributed by atoms with van der Waals surface area (Å²) in [5, 5.41) is 4.78. The van der Waals surface area contributed by atoms with Gasteiger partial charge in [0.25, 0.3) is 0 Å². The molecule has 2 aliphatic rings. The lowest BCUT2D eigenvalue weighted by Gasteiger charge is -2.39. The predicted octanol–water partition coefficient (Wildman–Crippen LogP) is 4.22. The summed E-state index contributed by atoms with van der Waals surface area (Å²) in [6.07, 6.45) is 6.70. The van der Waals surface area contributed by atoms with E-state index in [2.05, 4.69) is 6.92 Å². The number of carbonyl (C=O) groups is 3. The SMILES string of the molecule is CCOC(=O)c1cn(-c2ccccc2)nc1N(C(=O)[C@H]1CC[C@H](C)CC1)C1CCN(C(C)=O)CC1. The lowest BCUT2D eigenvalue weighted by molar-refractivity contribution is -0.130. The van der Waals surface area contributed by atoms with Crippen molar-refractivity contribution in [2.45, 2.75) is 65.3 Å². The van der Waals surface area contributed by atoms with E-state index in [1.54, 1.807) is 29.6 Å². The van der Waals surface area contributed by atoms with Crippen molar-refractivity contribution in [3.05, 3.63) is 42.1 Å². The molecule has 1 aliphatic heterocycles. The first kappa shape index (κ1) is 24.9. The molecule has 2 amide bonds. The Balaban J connectivity index is 1.74. The molecule has 0 unspecified atom stereocenters. The van der Waals surface area contributed by atoms with Gasteiger partial charge >= 0.3 is 5.97 Å². The summed E-state index contributed by atoms with van der Waals surface area (Å²) in [5.74, 6) is 0.482. The molecule has 2 fully saturated rings. The maximum absolute atomic E-state index is 14.0. The van der Waals surface area contributed by atoms with Crippen LogP contribution in [0.3, 0.4) is 0 Å². The zero-order chi connectivity index (χ0) is 24.9. The Morgan fingerprint density at radius 1 is 1.03 bits per heavy atom. The van der Waals surface area contributed by atoms with Gasteiger partial charge in [0.1, 0.15) is 5.56 Å². The molecule has 188 valence electrons. The van der Waals surface area contributed by atoms with E-state index in [9.17, 15) is 14.4 Å². The number of para-hydroxylation sites is 1. The number of anilines is 1. The van der Waals surface area contributed by atoms with E-state index < -0.39 is 5.97 Å². The normalized spacial score (nSPS) is 20.9. The smallest absolute Gasteiger partial charge is 0.343 e. The van der Waals surface area contributed by atoms with Crippen LogP contribution in [-0.2, 0) is 14.3 Å². The summed E-state index contributed by atoms with van der Waals surface area (Å²) in [7, 11) is 0. The second-order valence-corrected chi connectivity index (χ2v) is 9.77. The quantitative estimate of drug-likeness (QED) is 0.578. The second kappa shape index (κ2) is 11.1. The molecule has 8 heteroatoms. The van der Waals surface area contributed by atoms with Crippen LogP contribution < -0.4 is 4.90 Å². The number of aromatic nitrogens is 2. The molecule has 0 atom stereocenters. The Kier molecular flexibility index (Phi) is 7.88. The molecule has 35 heavy (non-hydrogen) atoms. The maximum atomic E-state index is 14.0. The van der Waals surface area contributed by atoms with Crippen LogP contribution in [0, 0.1) is 11.8 Å². The van der Waals surface area contributed by atoms with Crippen molar-refractivity contribution in [2.24, 2.45) is 11.8 Å². The van der Waals surface area contributed by atoms with E-state index >= 15 is 0 Å². The van der Waals surface area contributed by atoms with Crippen LogP contribution in [0.15, 0.2) is 36.5 Å². The summed E-state index contributed by atoms with van der Waals surface area (Å²) < 4.78 is 7.01. The highest BCUT2D eigenvalue weighted by Crippen LogP contribution is 2.34. The number of amides is 2. The van der Waals surface area contributed by atoms with Gasteiger partial charge in [-0.25, -0.2) is 9.48 Å². The Bertz CT molecular complexity index is 1030. The van der Waals surface area contributed by atoms with Crippen molar-refractivity contribution in [1.29, 1.82) is 0 Å². The van der Waals surface area contributed by atoms with Gasteiger partial charge in [0, 0.05) is 38.2 Å². The van der Waals surface area contributed by atoms with Crippen molar-refractivity contribution >= 4 is 23.6 Å². The molecule has 0 N–H and O–H groups in total. The van der Waals surface area contributed by atoms with Gasteiger partial charge in [0.15, 0.2) is 5.82 Å². The van der Waals surface area contributed by atoms with Crippen molar-refractivity contribution < 1.29 is 19.1 Å². The first-order chi connectivity index (χ1) is 16.9. The fourth-order valence-electron chi connectivity index (χ4n) is 5.21. The highest BCUT2D eigenvalue weighted by Gasteiger charge is 2.38. The molecular weight excluding hydrogens is 444 g/mol. The van der Waals surface area contributed by atoms with Gasteiger partial charge in [-0.15, -0.1) is 5.10 Å². The molecule has 4 rings (SSSR count). The Hall–Kier alpha value is -3.16. The van der Waals surface area contributed by atoms with Gasteiger partial charge in [0.05, 0.1) is 12.3 Å². The van der Waals surface area contributed by atoms with E-state index in [1.165, 1.54) is 0 Å². The molecule has 0 spiro atoms. The molecule has 0 radical (unpaired) electrons. The van der Waals surface area contributed by atoms with Crippen molar-refractivity contribution in [1.82, 2.24) is 14.7 Å². The number of rotatable bonds is 6. The van der Waals surface area contributed by atoms with E-state index in [4.69, 9.17) is 9.84 Å². The van der Waals surface area contributed by atoms with Crippen molar-refractivity contribution in [3.63, 3.8) is 0 Å². The molecule has 2 heterocycles. The first-order valence-electron chi connectivity index (χ1n) is 12.8. The number of nitrogens with zero attached hydrogens (tertiary/aromatic N) is 4. The number of hydrogen-bond donors (Lipinski definition) is 0. The third-order valence-electron chi connectivity index (χ3n) is 7.32. The number of hydrogen-bond acceptors (Lipinski definition) is 5. The third kappa shape index (κ3) is 5.57. The zero-order valence-corrected chi connectivity index (χ0v) is 21.0. The van der Waals surface area contributed by atoms with Crippen LogP contribution in [0.4, 0.5) is 5.82 Å². The lowest BCUT2D eigenvalue weighted by atomic mass is 9.82. The molecule has 2 aromatic rings. The highest BCUT2D eigenvalue weighted by molar-refractivity contribution is 6.02. The van der Waals surface area contributed by atoms with E-state index in [1.807, 2.05) is 35.2 Å². The van der Waals surface area contributed by atoms with Gasteiger partial charge in [-0.1, -0.05) is 25.1 Å². The molecule has 1 aromatic heterocycles. The standard InChI is InChI=1S/C27H36N4O4/c1-4-35-27(34)24-18-30(22-8-6-5-7-9-22)28-25(24)31(23-14-16-29(17-15-23)20(3)32)26(33)21-12-10-19(2)11-13-21/h5-9,18-19,21,23H,4,10-17H2,1-3H3/t19-,21-. The molecule has 8 nitrogen and oxygen atoms in total. The molecule has 1 aromatic carbocycles. The summed E-state index contributed by atoms with van der Waals surface area (Å²) in [6, 6.07) is 9.42. The fraction of sp³-hybridized carbons (Fsp3) is 0.556. The minimum absolute atomic E-state index is 0.0297. The minimum atomic E-state index is -0.485. The average molecular weight is 481 g/mol. The zero-order valence-electron chi connectivity index (χ0n) is 21.0. The van der Waals surface area contributed by atoms with Crippen LogP contribution in [0.25, 0.3) is 5.69 Å². The Morgan fingerprint density at radius 2 is 1.69 bits per heavy atom. The van der Waals surface area contributed by atoms with Gasteiger partial charge in [0.2, 0.25) is 11.8 Å². The lowest BCUT2D eigenvalue weighted by Crippen LogP contribution is -2.51. The summed E-state index contributed by atoms with van der Waals surface area (Å²) in [5.41, 5.74) is 1.09. The van der Waals surface area contributed by atoms with Crippen molar-refractivity contribution in [3.8, 4) is 5.69 Å². The molecular formula is C27H36N4O4. The van der Waals surface area contributed by atoms with Crippen LogP contribution in [0.2, 0.25) is 0 Å². The largest absolute Gasteiger partial charge is 0.462 e. The summed E-state index contributed by atoms with van der Waals surface area (Å²) in [6.45, 7) is 6.98. The van der Waals surface area contributed by atoms with Gasteiger partial charge < -0.3 is 9.64 Å². The molecule has 1 saturated heterocycles. The topological polar surface area (TPSA) is 84.7 Å². The predicted molar refractivity (Wildman–Crippen MR) is 133 cm³/mol. The van der Waals surface area contributed by atoms with E-state index in [0.29, 0.717) is 43.2 Å². The summed E-state index contributed by atoms with van der Waals surface area (Å²) in [4.78, 5) is 42.5. The number of carbonyl (C=O) groups excluding carboxylic acids is 3. The van der Waals surface area contributed by atoms with Crippen LogP contribution in [0.1, 0.15) is 69.7 Å². The van der Waals surface area contributed by atoms with Crippen LogP contribution >= 0.6 is 0 Å². The maximum Gasteiger partial charge on any atom is 0.343 e. The number of esters is 1. The number of benzene rings is 1. The van der Waals surface area contributed by atoms with Crippen LogP contribution in [0.5, 0.6) is 0 Å². The van der Waals surface area contributed by atoms with E-state index in [-0.39, 0.29) is 30.4 Å². The Labute approximate surface area is 207 Å². The van der Waals surface area contributed by atoms with Gasteiger partial charge in [-0.3, -0.25) is 14.5 Å². The molecule has 1 saturated carbocycles. The van der Waals surface area contributed by atoms with Gasteiger partial charge in [-0.05, 0) is 63.5 Å². The third-order valence-corrected chi connectivity index (χ3v) is 7.32. The highest BCUT2D eigenvalue weighted by atomic mass is 16.5. The fourth-order valence-corrected chi connectivity index (χ4v) is 5.21. The average Bonchev–Trinajstić information content (AvgIpc) is 3.31. The monoisotopic (exact) mass is 480 g/mol. The molecule has 1 aliphatic carbocycles. The first-order valence-corrected chi connectivity index (χ1v) is 12.8. The Morgan fingerprint density at radius 3 is 2.29 bits per heavy atom. The number of likely N-dealkylation sites (tertiary alicyclic amines) is 1. The van der Waals surface area contributed by atoms with Crippen LogP contribution in [-0.4, -0.2) is 58.2 Å². The minimum Gasteiger partial charge on any atom is -0.462 e. The molecule has 0 bridgehead atoms. The number of piperidine rings is 1. The summed E-state index contributed by atoms with van der Waals surface area (Å²) >= 11 is 0. The van der Waals surface area contributed by atoms with E-state index in [0.717, 1.165) is 31.4 Å². The second-order valence-electron chi connectivity index (χ2n) is 9.77. The number of ether oxygens (including phenoxy) is 1.